The van der Waals surface area contributed by atoms with Gasteiger partial charge in [-0.05, 0) is 50.8 Å². The van der Waals surface area contributed by atoms with Gasteiger partial charge >= 0.3 is 0 Å². The summed E-state index contributed by atoms with van der Waals surface area (Å²) in [5, 5.41) is 3.51. The minimum atomic E-state index is -0.0305. The number of ether oxygens (including phenoxy) is 1. The van der Waals surface area contributed by atoms with Crippen LogP contribution >= 0.6 is 0 Å². The van der Waals surface area contributed by atoms with Crippen molar-refractivity contribution in [2.45, 2.75) is 46.1 Å². The third-order valence-electron chi connectivity index (χ3n) is 3.88. The maximum absolute atomic E-state index is 6.10. The van der Waals surface area contributed by atoms with Gasteiger partial charge in [-0.15, -0.1) is 0 Å². The number of rotatable bonds is 0. The van der Waals surface area contributed by atoms with Crippen molar-refractivity contribution < 1.29 is 4.74 Å². The Hall–Kier alpha value is -1.18. The second-order valence-corrected chi connectivity index (χ2v) is 5.63. The SMILES string of the molecule is Cc1c(C)c2c(c3c1NCC3)CC(C)(C)O2. The zero-order valence-corrected chi connectivity index (χ0v) is 10.5. The summed E-state index contributed by atoms with van der Waals surface area (Å²) in [6.45, 7) is 9.80. The first-order valence-electron chi connectivity index (χ1n) is 6.07. The molecule has 1 N–H and O–H groups in total. The summed E-state index contributed by atoms with van der Waals surface area (Å²) >= 11 is 0. The lowest BCUT2D eigenvalue weighted by Gasteiger charge is -2.18. The van der Waals surface area contributed by atoms with Gasteiger partial charge in [-0.3, -0.25) is 0 Å². The van der Waals surface area contributed by atoms with Gasteiger partial charge in [0.25, 0.3) is 0 Å². The fraction of sp³-hybridized carbons (Fsp3) is 0.571. The molecule has 0 radical (unpaired) electrons. The molecule has 0 spiro atoms. The summed E-state index contributed by atoms with van der Waals surface area (Å²) in [5.41, 5.74) is 6.98. The quantitative estimate of drug-likeness (QED) is 0.721. The van der Waals surface area contributed by atoms with Crippen LogP contribution in [-0.4, -0.2) is 12.1 Å². The van der Waals surface area contributed by atoms with Crippen LogP contribution in [0, 0.1) is 13.8 Å². The maximum Gasteiger partial charge on any atom is 0.127 e. The van der Waals surface area contributed by atoms with Crippen LogP contribution in [0.4, 0.5) is 5.69 Å². The molecule has 2 heteroatoms. The van der Waals surface area contributed by atoms with Crippen molar-refractivity contribution in [2.75, 3.05) is 11.9 Å². The molecule has 2 heterocycles. The van der Waals surface area contributed by atoms with Gasteiger partial charge in [0.2, 0.25) is 0 Å². The van der Waals surface area contributed by atoms with Gasteiger partial charge < -0.3 is 10.1 Å². The molecule has 86 valence electrons. The first-order valence-corrected chi connectivity index (χ1v) is 6.07. The Morgan fingerprint density at radius 3 is 2.62 bits per heavy atom. The van der Waals surface area contributed by atoms with Crippen molar-refractivity contribution in [1.82, 2.24) is 0 Å². The molecule has 2 aliphatic rings. The van der Waals surface area contributed by atoms with Crippen molar-refractivity contribution in [3.05, 3.63) is 22.3 Å². The minimum Gasteiger partial charge on any atom is -0.487 e. The van der Waals surface area contributed by atoms with E-state index in [4.69, 9.17) is 4.74 Å². The van der Waals surface area contributed by atoms with E-state index in [1.807, 2.05) is 0 Å². The summed E-state index contributed by atoms with van der Waals surface area (Å²) < 4.78 is 6.10. The summed E-state index contributed by atoms with van der Waals surface area (Å²) in [6, 6.07) is 0. The molecule has 0 saturated heterocycles. The third-order valence-corrected chi connectivity index (χ3v) is 3.88. The molecule has 2 aliphatic heterocycles. The highest BCUT2D eigenvalue weighted by atomic mass is 16.5. The third kappa shape index (κ3) is 1.19. The largest absolute Gasteiger partial charge is 0.487 e. The highest BCUT2D eigenvalue weighted by Gasteiger charge is 2.36. The number of nitrogens with one attached hydrogen (secondary N) is 1. The van der Waals surface area contributed by atoms with Crippen LogP contribution in [-0.2, 0) is 12.8 Å². The Morgan fingerprint density at radius 2 is 1.88 bits per heavy atom. The Balaban J connectivity index is 2.26. The molecule has 2 nitrogen and oxygen atoms in total. The average molecular weight is 217 g/mol. The molecule has 16 heavy (non-hydrogen) atoms. The lowest BCUT2D eigenvalue weighted by atomic mass is 9.92. The number of anilines is 1. The van der Waals surface area contributed by atoms with E-state index in [1.165, 1.54) is 27.9 Å². The highest BCUT2D eigenvalue weighted by Crippen LogP contribution is 2.46. The van der Waals surface area contributed by atoms with Gasteiger partial charge in [0.05, 0.1) is 0 Å². The van der Waals surface area contributed by atoms with Crippen LogP contribution in [0.3, 0.4) is 0 Å². The van der Waals surface area contributed by atoms with E-state index in [-0.39, 0.29) is 5.60 Å². The van der Waals surface area contributed by atoms with E-state index in [1.54, 1.807) is 0 Å². The van der Waals surface area contributed by atoms with E-state index in [9.17, 15) is 0 Å². The van der Waals surface area contributed by atoms with Crippen molar-refractivity contribution in [3.63, 3.8) is 0 Å². The molecule has 0 atom stereocenters. The van der Waals surface area contributed by atoms with Crippen molar-refractivity contribution in [2.24, 2.45) is 0 Å². The molecule has 0 unspecified atom stereocenters. The van der Waals surface area contributed by atoms with Crippen LogP contribution in [0.25, 0.3) is 0 Å². The average Bonchev–Trinajstić information content (AvgIpc) is 2.77. The first kappa shape index (κ1) is 10.0. The molecule has 0 aliphatic carbocycles. The molecular formula is C14H19NO. The summed E-state index contributed by atoms with van der Waals surface area (Å²) in [4.78, 5) is 0. The summed E-state index contributed by atoms with van der Waals surface area (Å²) in [5.74, 6) is 1.16. The summed E-state index contributed by atoms with van der Waals surface area (Å²) in [6.07, 6.45) is 2.20. The lowest BCUT2D eigenvalue weighted by Crippen LogP contribution is -2.25. The van der Waals surface area contributed by atoms with Gasteiger partial charge in [0, 0.05) is 24.2 Å². The first-order chi connectivity index (χ1) is 7.49. The van der Waals surface area contributed by atoms with E-state index >= 15 is 0 Å². The molecule has 0 amide bonds. The zero-order chi connectivity index (χ0) is 11.5. The van der Waals surface area contributed by atoms with Crippen molar-refractivity contribution >= 4 is 5.69 Å². The van der Waals surface area contributed by atoms with Gasteiger partial charge in [-0.2, -0.15) is 0 Å². The van der Waals surface area contributed by atoms with E-state index in [2.05, 4.69) is 33.0 Å². The van der Waals surface area contributed by atoms with E-state index < -0.39 is 0 Å². The second-order valence-electron chi connectivity index (χ2n) is 5.63. The minimum absolute atomic E-state index is 0.0305. The molecule has 0 bridgehead atoms. The smallest absolute Gasteiger partial charge is 0.127 e. The molecule has 0 fully saturated rings. The Morgan fingerprint density at radius 1 is 1.12 bits per heavy atom. The number of benzene rings is 1. The van der Waals surface area contributed by atoms with Crippen molar-refractivity contribution in [3.8, 4) is 5.75 Å². The molecule has 0 aromatic heterocycles. The van der Waals surface area contributed by atoms with Gasteiger partial charge in [0.1, 0.15) is 11.4 Å². The van der Waals surface area contributed by atoms with Crippen LogP contribution in [0.15, 0.2) is 0 Å². The normalized spacial score (nSPS) is 20.0. The van der Waals surface area contributed by atoms with Crippen LogP contribution < -0.4 is 10.1 Å². The Kier molecular flexibility index (Phi) is 1.84. The Labute approximate surface area is 97.0 Å². The molecule has 1 aromatic rings. The van der Waals surface area contributed by atoms with Crippen molar-refractivity contribution in [1.29, 1.82) is 0 Å². The predicted octanol–water partition coefficient (Wildman–Crippen LogP) is 2.98. The number of hydrogen-bond donors (Lipinski definition) is 1. The molecule has 1 aromatic carbocycles. The Bertz CT molecular complexity index is 474. The predicted molar refractivity (Wildman–Crippen MR) is 66.5 cm³/mol. The van der Waals surface area contributed by atoms with Crippen LogP contribution in [0.1, 0.15) is 36.1 Å². The molecular weight excluding hydrogens is 198 g/mol. The standard InChI is InChI=1S/C14H19NO/c1-8-9(2)13-11(7-14(3,4)16-13)10-5-6-15-12(8)10/h15H,5-7H2,1-4H3. The van der Waals surface area contributed by atoms with E-state index in [0.717, 1.165) is 25.1 Å². The van der Waals surface area contributed by atoms with Crippen LogP contribution in [0.5, 0.6) is 5.75 Å². The van der Waals surface area contributed by atoms with Gasteiger partial charge in [-0.25, -0.2) is 0 Å². The maximum atomic E-state index is 6.10. The fourth-order valence-corrected chi connectivity index (χ4v) is 2.99. The number of fused-ring (bicyclic) bond motifs is 3. The van der Waals surface area contributed by atoms with Gasteiger partial charge in [-0.1, -0.05) is 0 Å². The summed E-state index contributed by atoms with van der Waals surface area (Å²) in [7, 11) is 0. The topological polar surface area (TPSA) is 21.3 Å². The number of hydrogen-bond acceptors (Lipinski definition) is 2. The molecule has 0 saturated carbocycles. The zero-order valence-electron chi connectivity index (χ0n) is 10.5. The van der Waals surface area contributed by atoms with Crippen LogP contribution in [0.2, 0.25) is 0 Å². The lowest BCUT2D eigenvalue weighted by molar-refractivity contribution is 0.137. The highest BCUT2D eigenvalue weighted by molar-refractivity contribution is 5.71. The van der Waals surface area contributed by atoms with Gasteiger partial charge in [0.15, 0.2) is 0 Å². The monoisotopic (exact) mass is 217 g/mol. The fourth-order valence-electron chi connectivity index (χ4n) is 2.99. The second kappa shape index (κ2) is 2.93. The van der Waals surface area contributed by atoms with E-state index in [0.29, 0.717) is 0 Å². The molecule has 3 rings (SSSR count).